The van der Waals surface area contributed by atoms with Crippen LogP contribution in [0.1, 0.15) is 44.6 Å². The van der Waals surface area contributed by atoms with Gasteiger partial charge in [-0.3, -0.25) is 0 Å². The topological polar surface area (TPSA) is 21.3 Å². The van der Waals surface area contributed by atoms with Crippen LogP contribution >= 0.6 is 0 Å². The molecule has 2 nitrogen and oxygen atoms in total. The molecule has 2 unspecified atom stereocenters. The Morgan fingerprint density at radius 1 is 1.40 bits per heavy atom. The van der Waals surface area contributed by atoms with E-state index in [2.05, 4.69) is 23.9 Å². The Labute approximate surface area is 117 Å². The Balaban J connectivity index is 2.11. The third-order valence-electron chi connectivity index (χ3n) is 3.70. The minimum absolute atomic E-state index is 0.131. The molecular weight excluding hydrogens is 267 g/mol. The molecule has 0 saturated carbocycles. The van der Waals surface area contributed by atoms with Gasteiger partial charge in [0.1, 0.15) is 5.75 Å². The van der Waals surface area contributed by atoms with Crippen LogP contribution in [0.5, 0.6) is 5.75 Å². The Hall–Kier alpha value is -1.39. The van der Waals surface area contributed by atoms with Crippen LogP contribution in [0.25, 0.3) is 0 Å². The second-order valence-corrected chi connectivity index (χ2v) is 5.50. The summed E-state index contributed by atoms with van der Waals surface area (Å²) in [6, 6.07) is 4.55. The van der Waals surface area contributed by atoms with Gasteiger partial charge in [0.25, 0.3) is 0 Å². The summed E-state index contributed by atoms with van der Waals surface area (Å²) < 4.78 is 40.8. The standard InChI is InChI=1S/C15H20F3NO/c1-3-4-10(2)7-11-9-19-14-6-5-12(8-13(11)14)20-15(16,17)18/h5-6,8,10-11,19H,3-4,7,9H2,1-2H3. The van der Waals surface area contributed by atoms with Crippen molar-refractivity contribution in [1.29, 1.82) is 0 Å². The van der Waals surface area contributed by atoms with Crippen molar-refractivity contribution in [3.63, 3.8) is 0 Å². The first kappa shape index (κ1) is 15.0. The first-order valence-electron chi connectivity index (χ1n) is 7.02. The van der Waals surface area contributed by atoms with Crippen LogP contribution in [0.15, 0.2) is 18.2 Å². The molecule has 0 amide bonds. The zero-order valence-corrected chi connectivity index (χ0v) is 11.8. The van der Waals surface area contributed by atoms with Crippen molar-refractivity contribution in [2.24, 2.45) is 5.92 Å². The van der Waals surface area contributed by atoms with Crippen molar-refractivity contribution < 1.29 is 17.9 Å². The number of alkyl halides is 3. The van der Waals surface area contributed by atoms with E-state index in [0.717, 1.165) is 37.1 Å². The van der Waals surface area contributed by atoms with E-state index in [-0.39, 0.29) is 11.7 Å². The monoisotopic (exact) mass is 287 g/mol. The molecular formula is C15H20F3NO. The summed E-state index contributed by atoms with van der Waals surface area (Å²) in [7, 11) is 0. The van der Waals surface area contributed by atoms with Gasteiger partial charge in [-0.2, -0.15) is 0 Å². The van der Waals surface area contributed by atoms with Gasteiger partial charge in [0, 0.05) is 18.2 Å². The molecule has 0 aromatic heterocycles. The van der Waals surface area contributed by atoms with Crippen LogP contribution in [0.3, 0.4) is 0 Å². The molecule has 1 aromatic rings. The Bertz CT molecular complexity index is 459. The van der Waals surface area contributed by atoms with E-state index < -0.39 is 6.36 Å². The molecule has 2 rings (SSSR count). The van der Waals surface area contributed by atoms with Gasteiger partial charge in [0.2, 0.25) is 0 Å². The zero-order valence-electron chi connectivity index (χ0n) is 11.8. The number of anilines is 1. The number of rotatable bonds is 5. The van der Waals surface area contributed by atoms with E-state index in [1.807, 2.05) is 0 Å². The molecule has 0 bridgehead atoms. The number of benzene rings is 1. The molecule has 0 fully saturated rings. The van der Waals surface area contributed by atoms with Gasteiger partial charge in [-0.15, -0.1) is 13.2 Å². The second kappa shape index (κ2) is 5.94. The number of hydrogen-bond donors (Lipinski definition) is 1. The first-order valence-corrected chi connectivity index (χ1v) is 7.02. The van der Waals surface area contributed by atoms with Gasteiger partial charge in [-0.25, -0.2) is 0 Å². The molecule has 20 heavy (non-hydrogen) atoms. The van der Waals surface area contributed by atoms with Gasteiger partial charge in [0.05, 0.1) is 0 Å². The van der Waals surface area contributed by atoms with E-state index in [1.54, 1.807) is 6.07 Å². The minimum atomic E-state index is -4.63. The summed E-state index contributed by atoms with van der Waals surface area (Å²) in [5.74, 6) is 0.710. The number of ether oxygens (including phenoxy) is 1. The summed E-state index contributed by atoms with van der Waals surface area (Å²) in [4.78, 5) is 0. The predicted octanol–water partition coefficient (Wildman–Crippen LogP) is 4.92. The van der Waals surface area contributed by atoms with Crippen LogP contribution in [0, 0.1) is 5.92 Å². The van der Waals surface area contributed by atoms with Crippen LogP contribution in [-0.2, 0) is 0 Å². The molecule has 1 heterocycles. The van der Waals surface area contributed by atoms with Crippen molar-refractivity contribution in [2.45, 2.75) is 45.4 Å². The van der Waals surface area contributed by atoms with Crippen LogP contribution in [0.2, 0.25) is 0 Å². The summed E-state index contributed by atoms with van der Waals surface area (Å²) in [6.45, 7) is 5.13. The lowest BCUT2D eigenvalue weighted by Gasteiger charge is -2.17. The minimum Gasteiger partial charge on any atom is -0.406 e. The van der Waals surface area contributed by atoms with Crippen molar-refractivity contribution in [2.75, 3.05) is 11.9 Å². The molecule has 1 N–H and O–H groups in total. The lowest BCUT2D eigenvalue weighted by atomic mass is 9.89. The number of fused-ring (bicyclic) bond motifs is 1. The molecule has 5 heteroatoms. The Kier molecular flexibility index (Phi) is 4.45. The lowest BCUT2D eigenvalue weighted by Crippen LogP contribution is -2.17. The molecule has 0 saturated heterocycles. The highest BCUT2D eigenvalue weighted by atomic mass is 19.4. The highest BCUT2D eigenvalue weighted by Gasteiger charge is 2.32. The maximum Gasteiger partial charge on any atom is 0.573 e. The van der Waals surface area contributed by atoms with E-state index >= 15 is 0 Å². The third-order valence-corrected chi connectivity index (χ3v) is 3.70. The fourth-order valence-electron chi connectivity index (χ4n) is 2.89. The molecule has 2 atom stereocenters. The van der Waals surface area contributed by atoms with Crippen molar-refractivity contribution in [1.82, 2.24) is 0 Å². The SMILES string of the molecule is CCCC(C)CC1CNc2ccc(OC(F)(F)F)cc21. The van der Waals surface area contributed by atoms with Crippen molar-refractivity contribution in [3.05, 3.63) is 23.8 Å². The third kappa shape index (κ3) is 3.81. The van der Waals surface area contributed by atoms with E-state index in [9.17, 15) is 13.2 Å². The summed E-state index contributed by atoms with van der Waals surface area (Å²) in [5, 5.41) is 3.25. The average Bonchev–Trinajstić information content (AvgIpc) is 2.70. The quantitative estimate of drug-likeness (QED) is 0.830. The molecule has 112 valence electrons. The predicted molar refractivity (Wildman–Crippen MR) is 73.0 cm³/mol. The van der Waals surface area contributed by atoms with Gasteiger partial charge in [0.15, 0.2) is 0 Å². The molecule has 1 aliphatic heterocycles. The maximum atomic E-state index is 12.3. The van der Waals surface area contributed by atoms with Crippen molar-refractivity contribution in [3.8, 4) is 5.75 Å². The lowest BCUT2D eigenvalue weighted by molar-refractivity contribution is -0.274. The highest BCUT2D eigenvalue weighted by molar-refractivity contribution is 5.60. The van der Waals surface area contributed by atoms with Gasteiger partial charge in [-0.1, -0.05) is 26.7 Å². The largest absolute Gasteiger partial charge is 0.573 e. The Morgan fingerprint density at radius 3 is 2.80 bits per heavy atom. The molecule has 0 aliphatic carbocycles. The maximum absolute atomic E-state index is 12.3. The Morgan fingerprint density at radius 2 is 2.15 bits per heavy atom. The summed E-state index contributed by atoms with van der Waals surface area (Å²) in [5.41, 5.74) is 1.86. The number of nitrogens with one attached hydrogen (secondary N) is 1. The van der Waals surface area contributed by atoms with Crippen molar-refractivity contribution >= 4 is 5.69 Å². The van der Waals surface area contributed by atoms with E-state index in [1.165, 1.54) is 12.1 Å². The first-order chi connectivity index (χ1) is 9.39. The summed E-state index contributed by atoms with van der Waals surface area (Å²) >= 11 is 0. The molecule has 1 aliphatic rings. The zero-order chi connectivity index (χ0) is 14.8. The fraction of sp³-hybridized carbons (Fsp3) is 0.600. The smallest absolute Gasteiger partial charge is 0.406 e. The molecule has 1 aromatic carbocycles. The fourth-order valence-corrected chi connectivity index (χ4v) is 2.89. The van der Waals surface area contributed by atoms with Crippen LogP contribution in [-0.4, -0.2) is 12.9 Å². The molecule has 0 radical (unpaired) electrons. The van der Waals surface area contributed by atoms with Crippen LogP contribution < -0.4 is 10.1 Å². The number of hydrogen-bond acceptors (Lipinski definition) is 2. The average molecular weight is 287 g/mol. The van der Waals surface area contributed by atoms with E-state index in [4.69, 9.17) is 0 Å². The summed E-state index contributed by atoms with van der Waals surface area (Å²) in [6.07, 6.45) is -1.37. The second-order valence-electron chi connectivity index (χ2n) is 5.50. The van der Waals surface area contributed by atoms with E-state index in [0.29, 0.717) is 5.92 Å². The van der Waals surface area contributed by atoms with Crippen LogP contribution in [0.4, 0.5) is 18.9 Å². The van der Waals surface area contributed by atoms with Gasteiger partial charge < -0.3 is 10.1 Å². The highest BCUT2D eigenvalue weighted by Crippen LogP contribution is 2.39. The molecule has 0 spiro atoms. The van der Waals surface area contributed by atoms with Gasteiger partial charge in [-0.05, 0) is 36.1 Å². The normalized spacial score (nSPS) is 19.4. The van der Waals surface area contributed by atoms with Gasteiger partial charge >= 0.3 is 6.36 Å². The number of halogens is 3.